The summed E-state index contributed by atoms with van der Waals surface area (Å²) in [5.74, 6) is -3.18. The third-order valence-corrected chi connectivity index (χ3v) is 6.82. The number of anilines is 1. The number of amides is 2. The first-order chi connectivity index (χ1) is 15.7. The van der Waals surface area contributed by atoms with Crippen LogP contribution in [0.15, 0.2) is 50.4 Å². The van der Waals surface area contributed by atoms with Crippen molar-refractivity contribution in [3.63, 3.8) is 0 Å². The van der Waals surface area contributed by atoms with Gasteiger partial charge < -0.3 is 5.32 Å². The Bertz CT molecular complexity index is 1440. The number of hydrogen-bond acceptors (Lipinski definition) is 5. The van der Waals surface area contributed by atoms with Gasteiger partial charge in [0.1, 0.15) is 10.3 Å². The van der Waals surface area contributed by atoms with Crippen LogP contribution in [0, 0.1) is 6.92 Å². The molecular formula is C19H13BrCl2F3N5O3S. The minimum absolute atomic E-state index is 0.0165. The van der Waals surface area contributed by atoms with Crippen LogP contribution in [0.4, 0.5) is 18.9 Å². The molecule has 8 nitrogen and oxygen atoms in total. The van der Waals surface area contributed by atoms with Crippen molar-refractivity contribution >= 4 is 66.4 Å². The highest BCUT2D eigenvalue weighted by atomic mass is 79.9. The highest BCUT2D eigenvalue weighted by molar-refractivity contribution is 9.10. The molecule has 0 aliphatic rings. The Labute approximate surface area is 209 Å². The minimum atomic E-state index is -5.32. The van der Waals surface area contributed by atoms with E-state index in [4.69, 9.17) is 23.2 Å². The van der Waals surface area contributed by atoms with Crippen molar-refractivity contribution in [2.24, 2.45) is 4.36 Å². The normalized spacial score (nSPS) is 13.3. The summed E-state index contributed by atoms with van der Waals surface area (Å²) in [6.45, 7) is 1.48. The zero-order valence-corrected chi connectivity index (χ0v) is 21.1. The zero-order valence-electron chi connectivity index (χ0n) is 17.2. The van der Waals surface area contributed by atoms with Crippen molar-refractivity contribution in [2.75, 3.05) is 11.6 Å². The smallest absolute Gasteiger partial charge is 0.319 e. The molecule has 0 aliphatic heterocycles. The van der Waals surface area contributed by atoms with Crippen molar-refractivity contribution < 1.29 is 27.0 Å². The Balaban J connectivity index is 2.12. The lowest BCUT2D eigenvalue weighted by Crippen LogP contribution is -2.23. The highest BCUT2D eigenvalue weighted by Crippen LogP contribution is 2.32. The highest BCUT2D eigenvalue weighted by Gasteiger charge is 2.40. The van der Waals surface area contributed by atoms with E-state index in [1.165, 1.54) is 31.3 Å². The molecule has 0 saturated carbocycles. The lowest BCUT2D eigenvalue weighted by molar-refractivity contribution is -0.169. The summed E-state index contributed by atoms with van der Waals surface area (Å²) in [6.07, 6.45) is -3.05. The number of alkyl halides is 3. The van der Waals surface area contributed by atoms with Gasteiger partial charge in [0.2, 0.25) is 0 Å². The summed E-state index contributed by atoms with van der Waals surface area (Å²) in [4.78, 5) is 28.3. The van der Waals surface area contributed by atoms with Crippen LogP contribution in [0.1, 0.15) is 16.1 Å². The Morgan fingerprint density at radius 3 is 2.53 bits per heavy atom. The molecule has 2 heterocycles. The number of nitrogens with one attached hydrogen (secondary N) is 1. The van der Waals surface area contributed by atoms with E-state index in [2.05, 4.69) is 35.7 Å². The lowest BCUT2D eigenvalue weighted by Gasteiger charge is -2.16. The summed E-state index contributed by atoms with van der Waals surface area (Å²) in [6, 6.07) is 6.93. The molecule has 3 rings (SSSR count). The molecule has 2 aromatic heterocycles. The van der Waals surface area contributed by atoms with Crippen molar-refractivity contribution in [1.29, 1.82) is 0 Å². The number of aryl methyl sites for hydroxylation is 1. The van der Waals surface area contributed by atoms with Gasteiger partial charge in [-0.3, -0.25) is 9.59 Å². The van der Waals surface area contributed by atoms with Gasteiger partial charge >= 0.3 is 12.1 Å². The lowest BCUT2D eigenvalue weighted by atomic mass is 10.2. The van der Waals surface area contributed by atoms with Gasteiger partial charge in [0, 0.05) is 23.5 Å². The fraction of sp³-hybridized carbons (Fsp3) is 0.158. The minimum Gasteiger partial charge on any atom is -0.319 e. The van der Waals surface area contributed by atoms with Crippen LogP contribution < -0.4 is 5.32 Å². The third kappa shape index (κ3) is 5.59. The summed E-state index contributed by atoms with van der Waals surface area (Å²) in [7, 11) is -3.97. The van der Waals surface area contributed by atoms with E-state index in [1.807, 2.05) is 0 Å². The first-order valence-electron chi connectivity index (χ1n) is 9.02. The van der Waals surface area contributed by atoms with Crippen molar-refractivity contribution in [3.8, 4) is 5.82 Å². The number of benzene rings is 1. The molecule has 0 spiro atoms. The average molecular weight is 599 g/mol. The van der Waals surface area contributed by atoms with E-state index >= 15 is 0 Å². The van der Waals surface area contributed by atoms with Crippen LogP contribution in [0.3, 0.4) is 0 Å². The number of carbonyl (C=O) groups excluding carboxylic acids is 2. The van der Waals surface area contributed by atoms with Crippen LogP contribution >= 0.6 is 39.1 Å². The van der Waals surface area contributed by atoms with Crippen molar-refractivity contribution in [1.82, 2.24) is 14.8 Å². The van der Waals surface area contributed by atoms with Gasteiger partial charge in [-0.15, -0.1) is 4.36 Å². The topological polar surface area (TPSA) is 106 Å². The van der Waals surface area contributed by atoms with E-state index < -0.39 is 27.7 Å². The molecule has 1 N–H and O–H groups in total. The summed E-state index contributed by atoms with van der Waals surface area (Å²) >= 11 is 15.3. The Morgan fingerprint density at radius 2 is 1.91 bits per heavy atom. The largest absolute Gasteiger partial charge is 0.474 e. The molecule has 15 heteroatoms. The SMILES string of the molecule is Cc1cc(Cl)cc(S(C)(=O)=NC(=O)C(F)(F)F)c1NC(=O)c1cc(Br)nn1-c1ncccc1Cl. The molecule has 0 aliphatic carbocycles. The Morgan fingerprint density at radius 1 is 1.24 bits per heavy atom. The van der Waals surface area contributed by atoms with Crippen molar-refractivity contribution in [3.05, 3.63) is 62.4 Å². The van der Waals surface area contributed by atoms with E-state index in [0.29, 0.717) is 0 Å². The van der Waals surface area contributed by atoms with Gasteiger partial charge in [0.25, 0.3) is 5.91 Å². The van der Waals surface area contributed by atoms with Crippen LogP contribution in [0.2, 0.25) is 10.0 Å². The van der Waals surface area contributed by atoms with Crippen LogP contribution in [0.25, 0.3) is 5.82 Å². The maximum Gasteiger partial charge on any atom is 0.474 e. The van der Waals surface area contributed by atoms with Gasteiger partial charge in [0.15, 0.2) is 5.82 Å². The van der Waals surface area contributed by atoms with Gasteiger partial charge in [-0.2, -0.15) is 18.3 Å². The summed E-state index contributed by atoms with van der Waals surface area (Å²) < 4.78 is 55.5. The number of nitrogens with zero attached hydrogens (tertiary/aromatic N) is 4. The fourth-order valence-electron chi connectivity index (χ4n) is 2.82. The molecule has 0 fully saturated rings. The van der Waals surface area contributed by atoms with Gasteiger partial charge in [0.05, 0.1) is 25.3 Å². The fourth-order valence-corrected chi connectivity index (χ4v) is 5.19. The molecule has 1 atom stereocenters. The number of carbonyl (C=O) groups is 2. The van der Waals surface area contributed by atoms with E-state index in [-0.39, 0.29) is 42.3 Å². The Hall–Kier alpha value is -2.48. The average Bonchev–Trinajstić information content (AvgIpc) is 3.10. The molecule has 3 aromatic rings. The van der Waals surface area contributed by atoms with Gasteiger partial charge in [-0.05, 0) is 52.7 Å². The summed E-state index contributed by atoms with van der Waals surface area (Å²) in [5.41, 5.74) is 0.0800. The second kappa shape index (κ2) is 9.64. The third-order valence-electron chi connectivity index (χ3n) is 4.26. The molecule has 0 saturated heterocycles. The number of halogens is 6. The number of rotatable bonds is 4. The second-order valence-electron chi connectivity index (χ2n) is 6.82. The molecule has 1 unspecified atom stereocenters. The van der Waals surface area contributed by atoms with Crippen molar-refractivity contribution in [2.45, 2.75) is 18.0 Å². The number of aromatic nitrogens is 3. The van der Waals surface area contributed by atoms with Gasteiger partial charge in [-0.1, -0.05) is 23.2 Å². The van der Waals surface area contributed by atoms with E-state index in [1.54, 1.807) is 6.07 Å². The van der Waals surface area contributed by atoms with E-state index in [9.17, 15) is 27.0 Å². The number of hydrogen-bond donors (Lipinski definition) is 1. The molecule has 0 bridgehead atoms. The Kier molecular flexibility index (Phi) is 7.41. The predicted molar refractivity (Wildman–Crippen MR) is 124 cm³/mol. The molecule has 0 radical (unpaired) electrons. The predicted octanol–water partition coefficient (Wildman–Crippen LogP) is 5.44. The maximum atomic E-state index is 13.2. The molecular weight excluding hydrogens is 586 g/mol. The first kappa shape index (κ1) is 26.1. The van der Waals surface area contributed by atoms with E-state index in [0.717, 1.165) is 17.0 Å². The zero-order chi connectivity index (χ0) is 25.4. The first-order valence-corrected chi connectivity index (χ1v) is 12.5. The quantitative estimate of drug-likeness (QED) is 0.430. The van der Waals surface area contributed by atoms with Crippen LogP contribution in [-0.4, -0.2) is 43.2 Å². The van der Waals surface area contributed by atoms with Crippen LogP contribution in [0.5, 0.6) is 0 Å². The standard InChI is InChI=1S/C19H13BrCl2F3N5O3S/c1-9-6-10(21)7-13(34(2,33)29-18(32)19(23,24)25)15(9)27-17(31)12-8-14(20)28-30(12)16-11(22)4-3-5-26-16/h3-8H,1-2H3,(H,27,31). The maximum absolute atomic E-state index is 13.2. The molecule has 34 heavy (non-hydrogen) atoms. The number of pyridine rings is 1. The molecule has 2 amide bonds. The molecule has 180 valence electrons. The summed E-state index contributed by atoms with van der Waals surface area (Å²) in [5, 5.41) is 6.85. The second-order valence-corrected chi connectivity index (χ2v) is 10.7. The van der Waals surface area contributed by atoms with Crippen LogP contribution in [-0.2, 0) is 14.5 Å². The van der Waals surface area contributed by atoms with Gasteiger partial charge in [-0.25, -0.2) is 13.9 Å². The molecule has 1 aromatic carbocycles. The monoisotopic (exact) mass is 597 g/mol.